The van der Waals surface area contributed by atoms with E-state index in [-0.39, 0.29) is 6.04 Å². The van der Waals surface area contributed by atoms with Crippen molar-refractivity contribution in [2.24, 2.45) is 0 Å². The molecule has 0 radical (unpaired) electrons. The van der Waals surface area contributed by atoms with Crippen molar-refractivity contribution < 1.29 is 0 Å². The second-order valence-electron chi connectivity index (χ2n) is 3.97. The zero-order chi connectivity index (χ0) is 13.0. The van der Waals surface area contributed by atoms with Gasteiger partial charge in [0.25, 0.3) is 0 Å². The molecule has 0 aliphatic carbocycles. The molecule has 0 saturated heterocycles. The molecule has 3 nitrogen and oxygen atoms in total. The van der Waals surface area contributed by atoms with E-state index in [1.54, 1.807) is 24.7 Å². The molecule has 0 bridgehead atoms. The quantitative estimate of drug-likeness (QED) is 0.930. The number of halogens is 2. The first-order valence-electron chi connectivity index (χ1n) is 5.60. The lowest BCUT2D eigenvalue weighted by molar-refractivity contribution is 0.567. The Kier molecular flexibility index (Phi) is 4.53. The summed E-state index contributed by atoms with van der Waals surface area (Å²) in [5.74, 6) is 0. The fourth-order valence-electron chi connectivity index (χ4n) is 1.64. The van der Waals surface area contributed by atoms with Crippen LogP contribution in [0.25, 0.3) is 0 Å². The van der Waals surface area contributed by atoms with E-state index < -0.39 is 0 Å². The Morgan fingerprint density at radius 1 is 1.28 bits per heavy atom. The molecule has 0 spiro atoms. The number of hydrogen-bond acceptors (Lipinski definition) is 3. The van der Waals surface area contributed by atoms with E-state index >= 15 is 0 Å². The van der Waals surface area contributed by atoms with Gasteiger partial charge in [0.1, 0.15) is 0 Å². The largest absolute Gasteiger partial charge is 0.304 e. The van der Waals surface area contributed by atoms with Gasteiger partial charge < -0.3 is 5.32 Å². The number of aromatic nitrogens is 2. The fourth-order valence-corrected chi connectivity index (χ4v) is 2.21. The van der Waals surface area contributed by atoms with Gasteiger partial charge in [-0.3, -0.25) is 9.97 Å². The Morgan fingerprint density at radius 2 is 2.11 bits per heavy atom. The Balaban J connectivity index is 2.01. The summed E-state index contributed by atoms with van der Waals surface area (Å²) < 4.78 is 0. The number of hydrogen-bond donors (Lipinski definition) is 1. The predicted molar refractivity (Wildman–Crippen MR) is 73.7 cm³/mol. The fraction of sp³-hybridized carbons (Fsp3) is 0.231. The topological polar surface area (TPSA) is 37.8 Å². The molecule has 0 aliphatic heterocycles. The van der Waals surface area contributed by atoms with Gasteiger partial charge in [-0.25, -0.2) is 0 Å². The number of benzene rings is 1. The lowest BCUT2D eigenvalue weighted by atomic mass is 10.1. The zero-order valence-corrected chi connectivity index (χ0v) is 11.4. The number of rotatable bonds is 4. The van der Waals surface area contributed by atoms with Crippen LogP contribution in [0.2, 0.25) is 10.0 Å². The normalized spacial score (nSPS) is 12.4. The summed E-state index contributed by atoms with van der Waals surface area (Å²) in [6, 6.07) is 5.64. The second-order valence-corrected chi connectivity index (χ2v) is 4.81. The maximum atomic E-state index is 6.15. The molecule has 18 heavy (non-hydrogen) atoms. The molecule has 94 valence electrons. The van der Waals surface area contributed by atoms with Crippen LogP contribution in [-0.2, 0) is 6.54 Å². The summed E-state index contributed by atoms with van der Waals surface area (Å²) in [4.78, 5) is 8.22. The molecular weight excluding hydrogens is 269 g/mol. The Bertz CT molecular complexity index is 517. The average Bonchev–Trinajstić information content (AvgIpc) is 2.37. The van der Waals surface area contributed by atoms with Gasteiger partial charge in [-0.15, -0.1) is 0 Å². The van der Waals surface area contributed by atoms with Crippen LogP contribution >= 0.6 is 23.2 Å². The lowest BCUT2D eigenvalue weighted by Crippen LogP contribution is -2.19. The minimum Gasteiger partial charge on any atom is -0.304 e. The number of nitrogens with one attached hydrogen (secondary N) is 1. The third-order valence-corrected chi connectivity index (χ3v) is 3.20. The maximum Gasteiger partial charge on any atom is 0.0724 e. The molecule has 1 aromatic heterocycles. The smallest absolute Gasteiger partial charge is 0.0724 e. The molecular formula is C13H13Cl2N3. The highest BCUT2D eigenvalue weighted by Gasteiger charge is 2.09. The van der Waals surface area contributed by atoms with Crippen LogP contribution in [0, 0.1) is 0 Å². The third kappa shape index (κ3) is 3.42. The Labute approximate surface area is 116 Å². The lowest BCUT2D eigenvalue weighted by Gasteiger charge is -2.15. The molecule has 0 amide bonds. The van der Waals surface area contributed by atoms with Gasteiger partial charge in [0.15, 0.2) is 0 Å². The zero-order valence-electron chi connectivity index (χ0n) is 9.90. The van der Waals surface area contributed by atoms with E-state index in [0.29, 0.717) is 16.6 Å². The van der Waals surface area contributed by atoms with Crippen molar-refractivity contribution in [2.45, 2.75) is 19.5 Å². The first kappa shape index (κ1) is 13.3. The van der Waals surface area contributed by atoms with E-state index in [4.69, 9.17) is 23.2 Å². The molecule has 2 aromatic rings. The Hall–Kier alpha value is -1.16. The van der Waals surface area contributed by atoms with Crippen LogP contribution in [0.3, 0.4) is 0 Å². The Morgan fingerprint density at radius 3 is 2.78 bits per heavy atom. The van der Waals surface area contributed by atoms with Crippen molar-refractivity contribution in [3.05, 3.63) is 58.1 Å². The second kappa shape index (κ2) is 6.14. The van der Waals surface area contributed by atoms with Crippen LogP contribution in [0.4, 0.5) is 0 Å². The van der Waals surface area contributed by atoms with E-state index in [2.05, 4.69) is 15.3 Å². The highest BCUT2D eigenvalue weighted by molar-refractivity contribution is 6.35. The van der Waals surface area contributed by atoms with Gasteiger partial charge >= 0.3 is 0 Å². The first-order valence-corrected chi connectivity index (χ1v) is 6.35. The van der Waals surface area contributed by atoms with Crippen LogP contribution in [-0.4, -0.2) is 9.97 Å². The monoisotopic (exact) mass is 281 g/mol. The third-order valence-electron chi connectivity index (χ3n) is 2.64. The highest BCUT2D eigenvalue weighted by Crippen LogP contribution is 2.26. The van der Waals surface area contributed by atoms with Crippen LogP contribution in [0.1, 0.15) is 24.2 Å². The van der Waals surface area contributed by atoms with E-state index in [1.807, 2.05) is 19.1 Å². The molecule has 5 heteroatoms. The van der Waals surface area contributed by atoms with Crippen LogP contribution < -0.4 is 5.32 Å². The van der Waals surface area contributed by atoms with E-state index in [1.165, 1.54) is 0 Å². The predicted octanol–water partition coefficient (Wildman–Crippen LogP) is 3.63. The van der Waals surface area contributed by atoms with Gasteiger partial charge in [0.2, 0.25) is 0 Å². The van der Waals surface area contributed by atoms with Crippen molar-refractivity contribution in [3.8, 4) is 0 Å². The van der Waals surface area contributed by atoms with Crippen LogP contribution in [0.15, 0.2) is 36.8 Å². The summed E-state index contributed by atoms with van der Waals surface area (Å²) >= 11 is 12.0. The van der Waals surface area contributed by atoms with Gasteiger partial charge in [0.05, 0.1) is 5.69 Å². The molecule has 1 atom stereocenters. The molecule has 0 aliphatic rings. The molecule has 1 heterocycles. The molecule has 2 rings (SSSR count). The van der Waals surface area contributed by atoms with Crippen molar-refractivity contribution in [1.29, 1.82) is 0 Å². The summed E-state index contributed by atoms with van der Waals surface area (Å²) in [7, 11) is 0. The number of nitrogens with zero attached hydrogens (tertiary/aromatic N) is 2. The van der Waals surface area contributed by atoms with Crippen molar-refractivity contribution >= 4 is 23.2 Å². The molecule has 0 fully saturated rings. The van der Waals surface area contributed by atoms with Crippen molar-refractivity contribution in [3.63, 3.8) is 0 Å². The average molecular weight is 282 g/mol. The SMILES string of the molecule is CC(NCc1cnccn1)c1ccc(Cl)cc1Cl. The molecule has 1 N–H and O–H groups in total. The summed E-state index contributed by atoms with van der Waals surface area (Å²) in [6.45, 7) is 2.69. The van der Waals surface area contributed by atoms with Crippen LogP contribution in [0.5, 0.6) is 0 Å². The summed E-state index contributed by atoms with van der Waals surface area (Å²) in [5, 5.41) is 4.66. The first-order chi connectivity index (χ1) is 8.66. The highest BCUT2D eigenvalue weighted by atomic mass is 35.5. The van der Waals surface area contributed by atoms with Crippen molar-refractivity contribution in [2.75, 3.05) is 0 Å². The van der Waals surface area contributed by atoms with Gasteiger partial charge in [-0.2, -0.15) is 0 Å². The molecule has 1 aromatic carbocycles. The standard InChI is InChI=1S/C13H13Cl2N3/c1-9(12-3-2-10(14)6-13(12)15)18-8-11-7-16-4-5-17-11/h2-7,9,18H,8H2,1H3. The molecule has 0 saturated carbocycles. The summed E-state index contributed by atoms with van der Waals surface area (Å²) in [5.41, 5.74) is 1.92. The van der Waals surface area contributed by atoms with E-state index in [0.717, 1.165) is 11.3 Å². The molecule has 1 unspecified atom stereocenters. The van der Waals surface area contributed by atoms with Gasteiger partial charge in [-0.1, -0.05) is 29.3 Å². The summed E-state index contributed by atoms with van der Waals surface area (Å²) in [6.07, 6.45) is 5.07. The maximum absolute atomic E-state index is 6.15. The van der Waals surface area contributed by atoms with Crippen molar-refractivity contribution in [1.82, 2.24) is 15.3 Å². The van der Waals surface area contributed by atoms with Gasteiger partial charge in [0, 0.05) is 41.2 Å². The minimum atomic E-state index is 0.122. The van der Waals surface area contributed by atoms with Gasteiger partial charge in [-0.05, 0) is 24.6 Å². The minimum absolute atomic E-state index is 0.122. The van der Waals surface area contributed by atoms with E-state index in [9.17, 15) is 0 Å².